The Kier molecular flexibility index (Phi) is 7.29. The normalized spacial score (nSPS) is 19.1. The van der Waals surface area contributed by atoms with E-state index in [1.54, 1.807) is 30.3 Å². The Balaban J connectivity index is 1.52. The summed E-state index contributed by atoms with van der Waals surface area (Å²) in [5.41, 5.74) is 1.62. The average Bonchev–Trinajstić information content (AvgIpc) is 3.30. The first-order chi connectivity index (χ1) is 16.5. The number of amides is 2. The van der Waals surface area contributed by atoms with Crippen molar-refractivity contribution >= 4 is 37.2 Å². The number of hydrogen-bond donors (Lipinski definition) is 1. The van der Waals surface area contributed by atoms with Crippen LogP contribution >= 0.6 is 0 Å². The van der Waals surface area contributed by atoms with Crippen molar-refractivity contribution in [2.24, 2.45) is 0 Å². The van der Waals surface area contributed by atoms with Gasteiger partial charge in [0.1, 0.15) is 5.82 Å². The van der Waals surface area contributed by atoms with Crippen molar-refractivity contribution in [3.8, 4) is 11.4 Å². The summed E-state index contributed by atoms with van der Waals surface area (Å²) in [6, 6.07) is 8.26. The van der Waals surface area contributed by atoms with Gasteiger partial charge in [-0.05, 0) is 30.7 Å². The molecule has 0 aliphatic carbocycles. The number of benzene rings is 1. The molecule has 1 aromatic carbocycles. The molecule has 13 heteroatoms. The van der Waals surface area contributed by atoms with Gasteiger partial charge in [0.05, 0.1) is 29.9 Å². The summed E-state index contributed by atoms with van der Waals surface area (Å²) in [5.74, 6) is 0.836. The molecule has 0 radical (unpaired) electrons. The smallest absolute Gasteiger partial charge is 0.321 e. The fourth-order valence-corrected chi connectivity index (χ4v) is 5.75. The molecule has 0 spiro atoms. The third-order valence-electron chi connectivity index (χ3n) is 5.94. The van der Waals surface area contributed by atoms with Crippen LogP contribution in [0.25, 0.3) is 11.4 Å². The summed E-state index contributed by atoms with van der Waals surface area (Å²) in [4.78, 5) is 25.2. The summed E-state index contributed by atoms with van der Waals surface area (Å²) < 4.78 is 52.7. The monoisotopic (exact) mass is 523 g/mol. The van der Waals surface area contributed by atoms with E-state index in [2.05, 4.69) is 15.3 Å². The second-order valence-corrected chi connectivity index (χ2v) is 13.4. The number of hydrogen-bond acceptors (Lipinski definition) is 9. The summed E-state index contributed by atoms with van der Waals surface area (Å²) >= 11 is 0. The van der Waals surface area contributed by atoms with Crippen LogP contribution in [0.2, 0.25) is 0 Å². The van der Waals surface area contributed by atoms with Crippen molar-refractivity contribution in [2.75, 3.05) is 62.1 Å². The minimum Gasteiger partial charge on any atom is -0.378 e. The largest absolute Gasteiger partial charge is 0.378 e. The maximum absolute atomic E-state index is 12.6. The molecule has 0 bridgehead atoms. The molecule has 0 saturated carbocycles. The van der Waals surface area contributed by atoms with Crippen LogP contribution in [0.4, 0.5) is 16.3 Å². The maximum atomic E-state index is 12.6. The van der Waals surface area contributed by atoms with Gasteiger partial charge in [-0.15, -0.1) is 0 Å². The molecule has 4 rings (SSSR count). The zero-order chi connectivity index (χ0) is 25.2. The average molecular weight is 524 g/mol. The van der Waals surface area contributed by atoms with E-state index in [0.717, 1.165) is 0 Å². The Morgan fingerprint density at radius 2 is 1.74 bits per heavy atom. The Morgan fingerprint density at radius 3 is 2.34 bits per heavy atom. The first kappa shape index (κ1) is 25.3. The lowest BCUT2D eigenvalue weighted by molar-refractivity contribution is 0.122. The lowest BCUT2D eigenvalue weighted by Gasteiger charge is -2.28. The van der Waals surface area contributed by atoms with Crippen molar-refractivity contribution in [3.05, 3.63) is 36.0 Å². The van der Waals surface area contributed by atoms with Crippen LogP contribution in [0.5, 0.6) is 0 Å². The molecule has 1 N–H and O–H groups in total. The van der Waals surface area contributed by atoms with E-state index in [1.165, 1.54) is 17.4 Å². The van der Waals surface area contributed by atoms with E-state index in [9.17, 15) is 21.6 Å². The molecule has 2 aromatic rings. The number of aromatic nitrogens is 2. The second kappa shape index (κ2) is 10.1. The van der Waals surface area contributed by atoms with Crippen LogP contribution in [0, 0.1) is 0 Å². The minimum atomic E-state index is -3.29. The third kappa shape index (κ3) is 6.67. The molecule has 2 fully saturated rings. The topological polar surface area (TPSA) is 139 Å². The van der Waals surface area contributed by atoms with Crippen LogP contribution in [0.3, 0.4) is 0 Å². The Morgan fingerprint density at radius 1 is 1.06 bits per heavy atom. The predicted molar refractivity (Wildman–Crippen MR) is 133 cm³/mol. The standard InChI is InChI=1S/C22H29N5O6S2/c1-34(29,30)15-18-13-20(26-9-11-33-12-10-26)25-21(23-18)16-3-5-17(6-4-16)24-22(28)27-8-7-19(14-27)35(2,31)32/h3-6,13,19H,7-12,14-15H2,1-2H3,(H,24,28). The second-order valence-electron chi connectivity index (χ2n) is 8.90. The molecule has 11 nitrogen and oxygen atoms in total. The van der Waals surface area contributed by atoms with Gasteiger partial charge in [-0.25, -0.2) is 31.6 Å². The number of urea groups is 1. The molecule has 1 aromatic heterocycles. The van der Waals surface area contributed by atoms with Crippen LogP contribution in [0.15, 0.2) is 30.3 Å². The van der Waals surface area contributed by atoms with Gasteiger partial charge in [-0.3, -0.25) is 0 Å². The Bertz CT molecular complexity index is 1290. The molecule has 2 saturated heterocycles. The molecule has 2 aliphatic rings. The number of ether oxygens (including phenoxy) is 1. The molecule has 1 unspecified atom stereocenters. The lowest BCUT2D eigenvalue weighted by atomic mass is 10.2. The van der Waals surface area contributed by atoms with E-state index in [0.29, 0.717) is 67.9 Å². The Hall–Kier alpha value is -2.77. The van der Waals surface area contributed by atoms with Gasteiger partial charge in [0.2, 0.25) is 0 Å². The number of carbonyl (C=O) groups is 1. The fraction of sp³-hybridized carbons (Fsp3) is 0.500. The van der Waals surface area contributed by atoms with Gasteiger partial charge >= 0.3 is 6.03 Å². The van der Waals surface area contributed by atoms with Crippen LogP contribution in [-0.4, -0.2) is 94.9 Å². The fourth-order valence-electron chi connectivity index (χ4n) is 4.08. The van der Waals surface area contributed by atoms with E-state index in [1.807, 2.05) is 4.90 Å². The molecular formula is C22H29N5O6S2. The molecule has 3 heterocycles. The highest BCUT2D eigenvalue weighted by Crippen LogP contribution is 2.24. The van der Waals surface area contributed by atoms with Gasteiger partial charge < -0.3 is 19.9 Å². The van der Waals surface area contributed by atoms with E-state index >= 15 is 0 Å². The number of nitrogens with zero attached hydrogens (tertiary/aromatic N) is 4. The number of rotatable bonds is 6. The van der Waals surface area contributed by atoms with Crippen molar-refractivity contribution in [2.45, 2.75) is 17.4 Å². The number of likely N-dealkylation sites (tertiary alicyclic amines) is 1. The lowest BCUT2D eigenvalue weighted by Crippen LogP contribution is -2.37. The summed E-state index contributed by atoms with van der Waals surface area (Å²) in [6.45, 7) is 2.99. The van der Waals surface area contributed by atoms with Crippen molar-refractivity contribution < 1.29 is 26.4 Å². The van der Waals surface area contributed by atoms with Gasteiger partial charge in [-0.1, -0.05) is 0 Å². The first-order valence-corrected chi connectivity index (χ1v) is 15.2. The molecule has 1 atom stereocenters. The minimum absolute atomic E-state index is 0.175. The van der Waals surface area contributed by atoms with E-state index in [-0.39, 0.29) is 18.3 Å². The third-order valence-corrected chi connectivity index (χ3v) is 8.36. The highest BCUT2D eigenvalue weighted by Gasteiger charge is 2.32. The number of carbonyl (C=O) groups excluding carboxylic acids is 1. The quantitative estimate of drug-likeness (QED) is 0.591. The van der Waals surface area contributed by atoms with Gasteiger partial charge in [0.15, 0.2) is 25.5 Å². The van der Waals surface area contributed by atoms with Gasteiger partial charge in [0.25, 0.3) is 0 Å². The molecule has 190 valence electrons. The van der Waals surface area contributed by atoms with Crippen LogP contribution < -0.4 is 10.2 Å². The summed E-state index contributed by atoms with van der Waals surface area (Å²) in [5, 5.41) is 2.26. The Labute approximate surface area is 205 Å². The predicted octanol–water partition coefficient (Wildman–Crippen LogP) is 1.18. The van der Waals surface area contributed by atoms with Crippen LogP contribution in [-0.2, 0) is 30.2 Å². The van der Waals surface area contributed by atoms with Crippen molar-refractivity contribution in [3.63, 3.8) is 0 Å². The summed E-state index contributed by atoms with van der Waals surface area (Å²) in [7, 11) is -6.48. The van der Waals surface area contributed by atoms with Crippen molar-refractivity contribution in [1.82, 2.24) is 14.9 Å². The highest BCUT2D eigenvalue weighted by molar-refractivity contribution is 7.91. The highest BCUT2D eigenvalue weighted by atomic mass is 32.2. The number of morpholine rings is 1. The molecule has 2 aliphatic heterocycles. The zero-order valence-electron chi connectivity index (χ0n) is 19.7. The van der Waals surface area contributed by atoms with Gasteiger partial charge in [0, 0.05) is 56.0 Å². The van der Waals surface area contributed by atoms with E-state index < -0.39 is 24.9 Å². The number of anilines is 2. The van der Waals surface area contributed by atoms with Crippen molar-refractivity contribution in [1.29, 1.82) is 0 Å². The first-order valence-electron chi connectivity index (χ1n) is 11.2. The molecule has 2 amide bonds. The molecule has 35 heavy (non-hydrogen) atoms. The van der Waals surface area contributed by atoms with Gasteiger partial charge in [-0.2, -0.15) is 0 Å². The zero-order valence-corrected chi connectivity index (χ0v) is 21.3. The number of nitrogens with one attached hydrogen (secondary N) is 1. The maximum Gasteiger partial charge on any atom is 0.321 e. The summed E-state index contributed by atoms with van der Waals surface area (Å²) in [6.07, 6.45) is 2.78. The van der Waals surface area contributed by atoms with Crippen LogP contribution in [0.1, 0.15) is 12.1 Å². The number of sulfone groups is 2. The molecular weight excluding hydrogens is 494 g/mol. The SMILES string of the molecule is CS(=O)(=O)Cc1cc(N2CCOCC2)nc(-c2ccc(NC(=O)N3CCC(S(C)(=O)=O)C3)cc2)n1. The van der Waals surface area contributed by atoms with E-state index in [4.69, 9.17) is 4.74 Å².